The van der Waals surface area contributed by atoms with Crippen molar-refractivity contribution in [1.29, 1.82) is 0 Å². The lowest BCUT2D eigenvalue weighted by Gasteiger charge is -2.31. The molecule has 4 aromatic carbocycles. The number of carbonyl (C=O) groups excluding carboxylic acids is 2. The first-order valence-electron chi connectivity index (χ1n) is 13.0. The zero-order chi connectivity index (χ0) is 26.6. The Hall–Kier alpha value is -4.28. The van der Waals surface area contributed by atoms with E-state index >= 15 is 0 Å². The number of benzene rings is 4. The van der Waals surface area contributed by atoms with Gasteiger partial charge in [0.25, 0.3) is 0 Å². The van der Waals surface area contributed by atoms with Crippen LogP contribution in [-0.4, -0.2) is 22.6 Å². The van der Waals surface area contributed by atoms with Crippen molar-refractivity contribution >= 4 is 11.7 Å². The molecule has 0 bridgehead atoms. The minimum Gasteiger partial charge on any atom is -0.330 e. The van der Waals surface area contributed by atoms with Crippen molar-refractivity contribution in [2.75, 3.05) is 0 Å². The molecule has 192 valence electrons. The summed E-state index contributed by atoms with van der Waals surface area (Å²) >= 11 is 0. The van der Waals surface area contributed by atoms with Crippen LogP contribution in [-0.2, 0) is 35.5 Å². The number of nitrogens with zero attached hydrogens (tertiary/aromatic N) is 1. The molecule has 4 rings (SSSR count). The summed E-state index contributed by atoms with van der Waals surface area (Å²) in [5.74, 6) is -0.217. The summed E-state index contributed by atoms with van der Waals surface area (Å²) in [6.45, 7) is 2.73. The van der Waals surface area contributed by atoms with E-state index in [9.17, 15) is 9.59 Å². The van der Waals surface area contributed by atoms with Crippen molar-refractivity contribution < 1.29 is 9.59 Å². The average molecular weight is 503 g/mol. The van der Waals surface area contributed by atoms with Gasteiger partial charge in [-0.2, -0.15) is 0 Å². The Kier molecular flexibility index (Phi) is 9.77. The average Bonchev–Trinajstić information content (AvgIpc) is 2.93. The zero-order valence-corrected chi connectivity index (χ0v) is 21.8. The molecule has 0 fully saturated rings. The van der Waals surface area contributed by atoms with Gasteiger partial charge in [0.15, 0.2) is 5.78 Å². The van der Waals surface area contributed by atoms with Gasteiger partial charge in [-0.15, -0.1) is 0 Å². The second-order valence-electron chi connectivity index (χ2n) is 9.50. The van der Waals surface area contributed by atoms with Gasteiger partial charge in [0.2, 0.25) is 5.91 Å². The summed E-state index contributed by atoms with van der Waals surface area (Å²) in [7, 11) is 0. The topological polar surface area (TPSA) is 49.4 Å². The number of hydrogen-bond acceptors (Lipinski definition) is 3. The van der Waals surface area contributed by atoms with E-state index in [1.54, 1.807) is 6.08 Å². The summed E-state index contributed by atoms with van der Waals surface area (Å²) in [6.07, 6.45) is 2.67. The maximum Gasteiger partial charge on any atom is 0.221 e. The van der Waals surface area contributed by atoms with Crippen LogP contribution in [0.15, 0.2) is 133 Å². The molecule has 0 aliphatic rings. The third-order valence-electron chi connectivity index (χ3n) is 6.39. The predicted octanol–water partition coefficient (Wildman–Crippen LogP) is 6.13. The Morgan fingerprint density at radius 3 is 1.53 bits per heavy atom. The Bertz CT molecular complexity index is 1280. The van der Waals surface area contributed by atoms with Crippen molar-refractivity contribution in [2.24, 2.45) is 0 Å². The molecule has 1 N–H and O–H groups in total. The van der Waals surface area contributed by atoms with Crippen LogP contribution in [0.2, 0.25) is 0 Å². The van der Waals surface area contributed by atoms with E-state index in [1.807, 2.05) is 84.9 Å². The van der Waals surface area contributed by atoms with Gasteiger partial charge >= 0.3 is 0 Å². The maximum atomic E-state index is 14.1. The SMILES string of the molecule is CC(=O)NC(=CC(=O)C(Cc1ccccc1)N(Cc1ccccc1)Cc1ccccc1)Cc1ccccc1. The quantitative estimate of drug-likeness (QED) is 0.237. The molecule has 0 saturated heterocycles. The van der Waals surface area contributed by atoms with E-state index in [2.05, 4.69) is 46.6 Å². The molecule has 1 amide bonds. The number of nitrogens with one attached hydrogen (secondary N) is 1. The fourth-order valence-corrected chi connectivity index (χ4v) is 4.60. The Morgan fingerprint density at radius 1 is 0.658 bits per heavy atom. The molecular formula is C34H34N2O2. The fraction of sp³-hybridized carbons (Fsp3) is 0.176. The van der Waals surface area contributed by atoms with Crippen LogP contribution in [0.3, 0.4) is 0 Å². The van der Waals surface area contributed by atoms with Crippen molar-refractivity contribution in [3.8, 4) is 0 Å². The lowest BCUT2D eigenvalue weighted by Crippen LogP contribution is -2.42. The summed E-state index contributed by atoms with van der Waals surface area (Å²) in [6, 6.07) is 40.1. The normalized spacial score (nSPS) is 12.2. The minimum atomic E-state index is -0.419. The van der Waals surface area contributed by atoms with E-state index in [0.717, 1.165) is 22.3 Å². The summed E-state index contributed by atoms with van der Waals surface area (Å²) in [4.78, 5) is 28.4. The van der Waals surface area contributed by atoms with Crippen LogP contribution < -0.4 is 5.32 Å². The van der Waals surface area contributed by atoms with Crippen LogP contribution >= 0.6 is 0 Å². The number of carbonyl (C=O) groups is 2. The predicted molar refractivity (Wildman–Crippen MR) is 153 cm³/mol. The summed E-state index contributed by atoms with van der Waals surface area (Å²) in [5.41, 5.74) is 5.01. The molecule has 4 heteroatoms. The molecule has 1 atom stereocenters. The molecule has 4 aromatic rings. The number of ketones is 1. The van der Waals surface area contributed by atoms with Crippen LogP contribution in [0.5, 0.6) is 0 Å². The lowest BCUT2D eigenvalue weighted by molar-refractivity contribution is -0.120. The summed E-state index contributed by atoms with van der Waals surface area (Å²) in [5, 5.41) is 2.90. The fourth-order valence-electron chi connectivity index (χ4n) is 4.60. The van der Waals surface area contributed by atoms with Crippen molar-refractivity contribution in [3.63, 3.8) is 0 Å². The molecule has 0 aliphatic carbocycles. The van der Waals surface area contributed by atoms with Crippen LogP contribution in [0, 0.1) is 0 Å². The molecule has 4 nitrogen and oxygen atoms in total. The van der Waals surface area contributed by atoms with E-state index in [-0.39, 0.29) is 11.7 Å². The van der Waals surface area contributed by atoms with Crippen molar-refractivity contribution in [1.82, 2.24) is 10.2 Å². The van der Waals surface area contributed by atoms with Crippen molar-refractivity contribution in [2.45, 2.75) is 38.9 Å². The van der Waals surface area contributed by atoms with Crippen LogP contribution in [0.1, 0.15) is 29.2 Å². The van der Waals surface area contributed by atoms with E-state index in [4.69, 9.17) is 0 Å². The molecule has 0 radical (unpaired) electrons. The highest BCUT2D eigenvalue weighted by molar-refractivity contribution is 5.95. The first-order chi connectivity index (χ1) is 18.6. The Morgan fingerprint density at radius 2 is 1.08 bits per heavy atom. The molecule has 0 saturated carbocycles. The Labute approximate surface area is 225 Å². The minimum absolute atomic E-state index is 0.0274. The molecule has 1 unspecified atom stereocenters. The molecule has 0 heterocycles. The lowest BCUT2D eigenvalue weighted by atomic mass is 9.97. The maximum absolute atomic E-state index is 14.1. The van der Waals surface area contributed by atoms with Crippen molar-refractivity contribution in [3.05, 3.63) is 155 Å². The highest BCUT2D eigenvalue weighted by Gasteiger charge is 2.26. The van der Waals surface area contributed by atoms with Gasteiger partial charge in [-0.05, 0) is 28.7 Å². The van der Waals surface area contributed by atoms with Gasteiger partial charge in [0, 0.05) is 38.2 Å². The van der Waals surface area contributed by atoms with E-state index < -0.39 is 6.04 Å². The number of rotatable bonds is 12. The highest BCUT2D eigenvalue weighted by atomic mass is 16.1. The first-order valence-corrected chi connectivity index (χ1v) is 13.0. The second kappa shape index (κ2) is 13.9. The monoisotopic (exact) mass is 502 g/mol. The number of hydrogen-bond donors (Lipinski definition) is 1. The first kappa shape index (κ1) is 26.8. The molecule has 0 aromatic heterocycles. The van der Waals surface area contributed by atoms with Crippen LogP contribution in [0.4, 0.5) is 0 Å². The standard InChI is InChI=1S/C34H34N2O2/c1-27(37)35-32(22-28-14-6-2-7-15-28)24-34(38)33(23-29-16-8-3-9-17-29)36(25-30-18-10-4-11-19-30)26-31-20-12-5-13-21-31/h2-21,24,33H,22-23,25-26H2,1H3,(H,35,37). The summed E-state index contributed by atoms with van der Waals surface area (Å²) < 4.78 is 0. The van der Waals surface area contributed by atoms with Gasteiger partial charge in [-0.3, -0.25) is 14.5 Å². The van der Waals surface area contributed by atoms with Gasteiger partial charge in [0.1, 0.15) is 0 Å². The van der Waals surface area contributed by atoms with Gasteiger partial charge in [0.05, 0.1) is 6.04 Å². The molecule has 0 spiro atoms. The van der Waals surface area contributed by atoms with E-state index in [0.29, 0.717) is 31.6 Å². The molecular weight excluding hydrogens is 468 g/mol. The van der Waals surface area contributed by atoms with Gasteiger partial charge < -0.3 is 5.32 Å². The number of amides is 1. The van der Waals surface area contributed by atoms with Gasteiger partial charge in [-0.1, -0.05) is 121 Å². The van der Waals surface area contributed by atoms with Crippen LogP contribution in [0.25, 0.3) is 0 Å². The van der Waals surface area contributed by atoms with E-state index in [1.165, 1.54) is 6.92 Å². The Balaban J connectivity index is 1.70. The third-order valence-corrected chi connectivity index (χ3v) is 6.39. The second-order valence-corrected chi connectivity index (χ2v) is 9.50. The smallest absolute Gasteiger partial charge is 0.221 e. The number of allylic oxidation sites excluding steroid dienone is 1. The highest BCUT2D eigenvalue weighted by Crippen LogP contribution is 2.19. The zero-order valence-electron chi connectivity index (χ0n) is 21.8. The molecule has 0 aliphatic heterocycles. The third kappa shape index (κ3) is 8.39. The molecule has 38 heavy (non-hydrogen) atoms. The largest absolute Gasteiger partial charge is 0.330 e. The van der Waals surface area contributed by atoms with Gasteiger partial charge in [-0.25, -0.2) is 0 Å².